The van der Waals surface area contributed by atoms with Crippen LogP contribution < -0.4 is 15.5 Å². The first kappa shape index (κ1) is 30.5. The molecule has 0 spiro atoms. The molecule has 0 aliphatic heterocycles. The molecule has 1 amide bonds. The second-order valence-electron chi connectivity index (χ2n) is 11.8. The third kappa shape index (κ3) is 8.14. The Balaban J connectivity index is 1.17. The molecule has 1 atom stereocenters. The normalized spacial score (nSPS) is 17.3. The Morgan fingerprint density at radius 2 is 1.53 bits per heavy atom. The summed E-state index contributed by atoms with van der Waals surface area (Å²) < 4.78 is 0. The summed E-state index contributed by atoms with van der Waals surface area (Å²) in [5.41, 5.74) is 3.84. The number of rotatable bonds is 11. The van der Waals surface area contributed by atoms with Crippen molar-refractivity contribution in [1.29, 1.82) is 0 Å². The van der Waals surface area contributed by atoms with E-state index >= 15 is 0 Å². The molecule has 1 heterocycles. The van der Waals surface area contributed by atoms with Crippen LogP contribution in [0.3, 0.4) is 0 Å². The van der Waals surface area contributed by atoms with Gasteiger partial charge in [-0.2, -0.15) is 4.98 Å². The molecule has 1 aliphatic carbocycles. The Kier molecular flexibility index (Phi) is 9.97. The molecular weight excluding hydrogens is 554 g/mol. The molecule has 0 radical (unpaired) electrons. The van der Waals surface area contributed by atoms with E-state index < -0.39 is 5.25 Å². The number of nitrogens with one attached hydrogen (secondary N) is 2. The van der Waals surface area contributed by atoms with Gasteiger partial charge in [0.25, 0.3) is 0 Å². The van der Waals surface area contributed by atoms with E-state index in [1.54, 1.807) is 0 Å². The summed E-state index contributed by atoms with van der Waals surface area (Å²) in [5, 5.41) is 7.30. The second-order valence-corrected chi connectivity index (χ2v) is 13.1. The predicted molar refractivity (Wildman–Crippen MR) is 177 cm³/mol. The average molecular weight is 596 g/mol. The number of hydrogen-bond acceptors (Lipinski definition) is 7. The Morgan fingerprint density at radius 3 is 2.21 bits per heavy atom. The van der Waals surface area contributed by atoms with Gasteiger partial charge in [0.2, 0.25) is 11.9 Å². The number of fused-ring (bicyclic) bond motifs is 1. The van der Waals surface area contributed by atoms with Crippen LogP contribution in [-0.2, 0) is 4.79 Å². The molecule has 4 aromatic rings. The van der Waals surface area contributed by atoms with Crippen LogP contribution in [0.15, 0.2) is 77.7 Å². The molecular formula is C35H41N5O2S. The highest BCUT2D eigenvalue weighted by molar-refractivity contribution is 8.00. The molecule has 0 bridgehead atoms. The SMILES string of the molecule is Cc1ccc(SC(CC(=O)c2ccc(C)cc2)C(=O)NC[C@H]2CC[C@@H](Nc3nc(N(C)C)c4ccccc4n3)CC2)cc1. The fourth-order valence-electron chi connectivity index (χ4n) is 5.51. The van der Waals surface area contributed by atoms with Gasteiger partial charge in [-0.25, -0.2) is 4.98 Å². The van der Waals surface area contributed by atoms with Gasteiger partial charge in [0.15, 0.2) is 5.78 Å². The minimum Gasteiger partial charge on any atom is -0.362 e. The van der Waals surface area contributed by atoms with Crippen LogP contribution in [0.25, 0.3) is 10.9 Å². The van der Waals surface area contributed by atoms with Crippen molar-refractivity contribution in [2.24, 2.45) is 5.92 Å². The van der Waals surface area contributed by atoms with E-state index in [2.05, 4.69) is 16.7 Å². The number of aryl methyl sites for hydroxylation is 2. The number of para-hydroxylation sites is 1. The summed E-state index contributed by atoms with van der Waals surface area (Å²) >= 11 is 1.46. The van der Waals surface area contributed by atoms with Gasteiger partial charge in [-0.3, -0.25) is 9.59 Å². The lowest BCUT2D eigenvalue weighted by molar-refractivity contribution is -0.120. The van der Waals surface area contributed by atoms with E-state index in [4.69, 9.17) is 9.97 Å². The molecule has 0 saturated heterocycles. The number of anilines is 2. The largest absolute Gasteiger partial charge is 0.362 e. The highest BCUT2D eigenvalue weighted by Gasteiger charge is 2.27. The van der Waals surface area contributed by atoms with Crippen LogP contribution in [0.1, 0.15) is 53.6 Å². The molecule has 1 fully saturated rings. The summed E-state index contributed by atoms with van der Waals surface area (Å²) in [5.74, 6) is 1.87. The van der Waals surface area contributed by atoms with Crippen molar-refractivity contribution in [2.75, 3.05) is 30.9 Å². The molecule has 1 unspecified atom stereocenters. The summed E-state index contributed by atoms with van der Waals surface area (Å²) in [4.78, 5) is 39.2. The van der Waals surface area contributed by atoms with Crippen molar-refractivity contribution in [3.63, 3.8) is 0 Å². The van der Waals surface area contributed by atoms with E-state index in [-0.39, 0.29) is 18.1 Å². The Bertz CT molecular complexity index is 1550. The van der Waals surface area contributed by atoms with Gasteiger partial charge in [0.1, 0.15) is 5.82 Å². The van der Waals surface area contributed by atoms with Crippen LogP contribution in [0.2, 0.25) is 0 Å². The molecule has 1 saturated carbocycles. The minimum absolute atomic E-state index is 0.0142. The average Bonchev–Trinajstić information content (AvgIpc) is 3.01. The molecule has 1 aromatic heterocycles. The third-order valence-corrected chi connectivity index (χ3v) is 9.30. The molecule has 3 aromatic carbocycles. The van der Waals surface area contributed by atoms with E-state index in [0.717, 1.165) is 58.4 Å². The number of aromatic nitrogens is 2. The van der Waals surface area contributed by atoms with E-state index in [1.807, 2.05) is 99.6 Å². The number of hydrogen-bond donors (Lipinski definition) is 2. The number of nitrogens with zero attached hydrogens (tertiary/aromatic N) is 3. The fourth-order valence-corrected chi connectivity index (χ4v) is 6.56. The van der Waals surface area contributed by atoms with E-state index in [1.165, 1.54) is 11.8 Å². The Hall–Kier alpha value is -3.91. The summed E-state index contributed by atoms with van der Waals surface area (Å²) in [7, 11) is 4.00. The lowest BCUT2D eigenvalue weighted by Crippen LogP contribution is -2.39. The molecule has 5 rings (SSSR count). The van der Waals surface area contributed by atoms with Crippen molar-refractivity contribution < 1.29 is 9.59 Å². The topological polar surface area (TPSA) is 87.2 Å². The van der Waals surface area contributed by atoms with E-state index in [0.29, 0.717) is 30.0 Å². The van der Waals surface area contributed by atoms with Crippen molar-refractivity contribution >= 4 is 46.1 Å². The number of thioether (sulfide) groups is 1. The van der Waals surface area contributed by atoms with Gasteiger partial charge >= 0.3 is 0 Å². The van der Waals surface area contributed by atoms with Gasteiger partial charge in [-0.15, -0.1) is 11.8 Å². The van der Waals surface area contributed by atoms with Crippen molar-refractivity contribution in [2.45, 2.75) is 62.1 Å². The monoisotopic (exact) mass is 595 g/mol. The lowest BCUT2D eigenvalue weighted by Gasteiger charge is -2.30. The maximum Gasteiger partial charge on any atom is 0.233 e. The highest BCUT2D eigenvalue weighted by Crippen LogP contribution is 2.30. The number of Topliss-reactive ketones (excluding diaryl/α,β-unsaturated/α-hetero) is 1. The predicted octanol–water partition coefficient (Wildman–Crippen LogP) is 6.83. The first-order chi connectivity index (χ1) is 20.7. The number of carbonyl (C=O) groups is 2. The second kappa shape index (κ2) is 14.0. The number of carbonyl (C=O) groups excluding carboxylic acids is 2. The highest BCUT2D eigenvalue weighted by atomic mass is 32.2. The van der Waals surface area contributed by atoms with Gasteiger partial charge in [0.05, 0.1) is 10.8 Å². The zero-order valence-electron chi connectivity index (χ0n) is 25.5. The van der Waals surface area contributed by atoms with Gasteiger partial charge in [-0.05, 0) is 69.7 Å². The smallest absolute Gasteiger partial charge is 0.233 e. The van der Waals surface area contributed by atoms with Gasteiger partial charge in [-0.1, -0.05) is 59.7 Å². The Morgan fingerprint density at radius 1 is 0.884 bits per heavy atom. The zero-order valence-corrected chi connectivity index (χ0v) is 26.3. The van der Waals surface area contributed by atoms with Crippen LogP contribution in [0.5, 0.6) is 0 Å². The molecule has 224 valence electrons. The quantitative estimate of drug-likeness (QED) is 0.145. The van der Waals surface area contributed by atoms with E-state index in [9.17, 15) is 9.59 Å². The lowest BCUT2D eigenvalue weighted by atomic mass is 9.86. The first-order valence-electron chi connectivity index (χ1n) is 15.1. The number of benzene rings is 3. The number of ketones is 1. The van der Waals surface area contributed by atoms with Crippen LogP contribution >= 0.6 is 11.8 Å². The summed E-state index contributed by atoms with van der Waals surface area (Å²) in [6.07, 6.45) is 4.14. The maximum absolute atomic E-state index is 13.5. The minimum atomic E-state index is -0.495. The first-order valence-corrected chi connectivity index (χ1v) is 15.9. The molecule has 1 aliphatic rings. The van der Waals surface area contributed by atoms with Crippen molar-refractivity contribution in [3.8, 4) is 0 Å². The summed E-state index contributed by atoms with van der Waals surface area (Å²) in [6.45, 7) is 4.66. The molecule has 8 heteroatoms. The molecule has 43 heavy (non-hydrogen) atoms. The Labute approximate surface area is 258 Å². The van der Waals surface area contributed by atoms with Crippen molar-refractivity contribution in [1.82, 2.24) is 15.3 Å². The zero-order chi connectivity index (χ0) is 30.3. The van der Waals surface area contributed by atoms with Crippen LogP contribution in [0, 0.1) is 19.8 Å². The number of amides is 1. The van der Waals surface area contributed by atoms with Crippen LogP contribution in [0.4, 0.5) is 11.8 Å². The van der Waals surface area contributed by atoms with Gasteiger partial charge in [0, 0.05) is 48.9 Å². The van der Waals surface area contributed by atoms with Crippen LogP contribution in [-0.4, -0.2) is 53.6 Å². The van der Waals surface area contributed by atoms with Crippen molar-refractivity contribution in [3.05, 3.63) is 89.5 Å². The fraction of sp³-hybridized carbons (Fsp3) is 0.371. The standard InChI is InChI=1S/C35H41N5O2S/c1-23-9-15-26(16-10-23)31(41)21-32(43-28-19-11-24(2)12-20-28)34(42)36-22-25-13-17-27(18-14-25)37-35-38-30-8-6-5-7-29(30)33(39-35)40(3)4/h5-12,15-16,19-20,25,27,32H,13-14,17-18,21-22H2,1-4H3,(H,36,42)(H,37,38,39)/t25-,27+,32?. The van der Waals surface area contributed by atoms with Gasteiger partial charge < -0.3 is 15.5 Å². The third-order valence-electron chi connectivity index (χ3n) is 8.09. The maximum atomic E-state index is 13.5. The molecule has 2 N–H and O–H groups in total. The summed E-state index contributed by atoms with van der Waals surface area (Å²) in [6, 6.07) is 24.1. The molecule has 7 nitrogen and oxygen atoms in total.